The Morgan fingerprint density at radius 2 is 1.80 bits per heavy atom. The molecule has 0 aromatic rings. The van der Waals surface area contributed by atoms with Crippen LogP contribution in [-0.2, 0) is 4.79 Å². The van der Waals surface area contributed by atoms with E-state index in [0.717, 1.165) is 0 Å². The Labute approximate surface area is 90.0 Å². The number of aliphatic hydroxyl groups excluding tert-OH is 2. The lowest BCUT2D eigenvalue weighted by atomic mass is 10.0. The maximum atomic E-state index is 11.5. The summed E-state index contributed by atoms with van der Waals surface area (Å²) in [4.78, 5) is 13.2. The summed E-state index contributed by atoms with van der Waals surface area (Å²) in [5.74, 6) is 4.85. The van der Waals surface area contributed by atoms with E-state index in [9.17, 15) is 4.79 Å². The average Bonchev–Trinajstić information content (AvgIpc) is 2.18. The molecule has 0 spiro atoms. The van der Waals surface area contributed by atoms with E-state index in [1.54, 1.807) is 4.90 Å². The van der Waals surface area contributed by atoms with Crippen LogP contribution < -0.4 is 11.3 Å². The molecular formula is C9H21N3O3. The van der Waals surface area contributed by atoms with Gasteiger partial charge in [0.1, 0.15) is 0 Å². The minimum atomic E-state index is -0.422. The Morgan fingerprint density at radius 1 is 1.33 bits per heavy atom. The third-order valence-corrected chi connectivity index (χ3v) is 2.21. The van der Waals surface area contributed by atoms with Crippen molar-refractivity contribution in [3.05, 3.63) is 0 Å². The molecule has 0 saturated carbocycles. The Kier molecular flexibility index (Phi) is 7.23. The maximum absolute atomic E-state index is 11.5. The predicted molar refractivity (Wildman–Crippen MR) is 56.7 cm³/mol. The van der Waals surface area contributed by atoms with Crippen molar-refractivity contribution >= 4 is 5.91 Å². The first-order valence-electron chi connectivity index (χ1n) is 5.04. The molecule has 0 aromatic carbocycles. The van der Waals surface area contributed by atoms with Crippen LogP contribution in [0, 0.1) is 5.92 Å². The number of aliphatic hydroxyl groups is 2. The van der Waals surface area contributed by atoms with Crippen molar-refractivity contribution in [2.75, 3.05) is 26.3 Å². The van der Waals surface area contributed by atoms with Gasteiger partial charge < -0.3 is 10.2 Å². The number of nitrogens with two attached hydrogens (primary N) is 1. The summed E-state index contributed by atoms with van der Waals surface area (Å²) in [6.45, 7) is 4.36. The molecule has 1 atom stereocenters. The van der Waals surface area contributed by atoms with Crippen LogP contribution in [-0.4, -0.2) is 53.4 Å². The van der Waals surface area contributed by atoms with Crippen LogP contribution in [0.5, 0.6) is 0 Å². The van der Waals surface area contributed by atoms with Gasteiger partial charge in [0.25, 0.3) is 5.91 Å². The van der Waals surface area contributed by atoms with Gasteiger partial charge >= 0.3 is 0 Å². The number of rotatable bonds is 7. The summed E-state index contributed by atoms with van der Waals surface area (Å²) in [5.41, 5.74) is 2.10. The number of nitrogens with zero attached hydrogens (tertiary/aromatic N) is 1. The van der Waals surface area contributed by atoms with Crippen LogP contribution >= 0.6 is 0 Å². The molecule has 5 N–H and O–H groups in total. The molecule has 90 valence electrons. The normalized spacial score (nSPS) is 13.3. The SMILES string of the molecule is CC(C)C(C(=O)NN)N(CCO)CCO. The third-order valence-electron chi connectivity index (χ3n) is 2.21. The number of hydrogen-bond donors (Lipinski definition) is 4. The number of amides is 1. The summed E-state index contributed by atoms with van der Waals surface area (Å²) in [6.07, 6.45) is 0. The Hall–Kier alpha value is -0.690. The van der Waals surface area contributed by atoms with Crippen LogP contribution in [0.4, 0.5) is 0 Å². The second-order valence-corrected chi connectivity index (χ2v) is 3.68. The molecule has 0 aliphatic rings. The van der Waals surface area contributed by atoms with E-state index >= 15 is 0 Å². The molecule has 0 rings (SSSR count). The van der Waals surface area contributed by atoms with Crippen molar-refractivity contribution in [2.24, 2.45) is 11.8 Å². The number of carbonyl (C=O) groups is 1. The quantitative estimate of drug-likeness (QED) is 0.232. The fourth-order valence-corrected chi connectivity index (χ4v) is 1.62. The van der Waals surface area contributed by atoms with Gasteiger partial charge in [-0.3, -0.25) is 15.1 Å². The second kappa shape index (κ2) is 7.58. The van der Waals surface area contributed by atoms with Gasteiger partial charge in [-0.1, -0.05) is 13.8 Å². The Morgan fingerprint density at radius 3 is 2.07 bits per heavy atom. The molecule has 0 heterocycles. The zero-order valence-corrected chi connectivity index (χ0v) is 9.31. The van der Waals surface area contributed by atoms with Crippen molar-refractivity contribution in [2.45, 2.75) is 19.9 Å². The maximum Gasteiger partial charge on any atom is 0.251 e. The zero-order valence-electron chi connectivity index (χ0n) is 9.31. The number of hydrazine groups is 1. The average molecular weight is 219 g/mol. The highest BCUT2D eigenvalue weighted by Crippen LogP contribution is 2.10. The minimum absolute atomic E-state index is 0.0545. The highest BCUT2D eigenvalue weighted by atomic mass is 16.3. The lowest BCUT2D eigenvalue weighted by Gasteiger charge is -2.31. The molecule has 1 unspecified atom stereocenters. The fraction of sp³-hybridized carbons (Fsp3) is 0.889. The summed E-state index contributed by atoms with van der Waals surface area (Å²) in [5, 5.41) is 17.7. The van der Waals surface area contributed by atoms with Gasteiger partial charge in [-0.2, -0.15) is 0 Å². The van der Waals surface area contributed by atoms with Crippen LogP contribution in [0.2, 0.25) is 0 Å². The van der Waals surface area contributed by atoms with Gasteiger partial charge in [0, 0.05) is 13.1 Å². The fourth-order valence-electron chi connectivity index (χ4n) is 1.62. The molecule has 6 heteroatoms. The first-order chi connectivity index (χ1) is 7.08. The molecule has 0 aliphatic carbocycles. The largest absolute Gasteiger partial charge is 0.395 e. The van der Waals surface area contributed by atoms with Crippen molar-refractivity contribution in [3.8, 4) is 0 Å². The lowest BCUT2D eigenvalue weighted by molar-refractivity contribution is -0.128. The molecule has 0 aliphatic heterocycles. The van der Waals surface area contributed by atoms with Gasteiger partial charge in [-0.25, -0.2) is 5.84 Å². The van der Waals surface area contributed by atoms with E-state index in [-0.39, 0.29) is 25.0 Å². The van der Waals surface area contributed by atoms with Gasteiger partial charge in [0.05, 0.1) is 19.3 Å². The topological polar surface area (TPSA) is 98.8 Å². The molecule has 0 saturated heterocycles. The highest BCUT2D eigenvalue weighted by molar-refractivity contribution is 5.81. The highest BCUT2D eigenvalue weighted by Gasteiger charge is 2.27. The molecule has 1 amide bonds. The monoisotopic (exact) mass is 219 g/mol. The van der Waals surface area contributed by atoms with Crippen LogP contribution in [0.3, 0.4) is 0 Å². The molecule has 0 radical (unpaired) electrons. The van der Waals surface area contributed by atoms with E-state index in [1.807, 2.05) is 13.8 Å². The molecule has 6 nitrogen and oxygen atoms in total. The van der Waals surface area contributed by atoms with E-state index < -0.39 is 6.04 Å². The second-order valence-electron chi connectivity index (χ2n) is 3.68. The van der Waals surface area contributed by atoms with Crippen molar-refractivity contribution < 1.29 is 15.0 Å². The van der Waals surface area contributed by atoms with E-state index in [2.05, 4.69) is 5.43 Å². The smallest absolute Gasteiger partial charge is 0.251 e. The first-order valence-corrected chi connectivity index (χ1v) is 5.04. The Balaban J connectivity index is 4.58. The molecule has 15 heavy (non-hydrogen) atoms. The predicted octanol–water partition coefficient (Wildman–Crippen LogP) is -1.71. The van der Waals surface area contributed by atoms with E-state index in [1.165, 1.54) is 0 Å². The zero-order chi connectivity index (χ0) is 11.8. The summed E-state index contributed by atoms with van der Waals surface area (Å²) in [6, 6.07) is -0.422. The van der Waals surface area contributed by atoms with Crippen LogP contribution in [0.1, 0.15) is 13.8 Å². The van der Waals surface area contributed by atoms with Gasteiger partial charge in [-0.15, -0.1) is 0 Å². The number of carbonyl (C=O) groups excluding carboxylic acids is 1. The lowest BCUT2D eigenvalue weighted by Crippen LogP contribution is -2.53. The van der Waals surface area contributed by atoms with Crippen LogP contribution in [0.25, 0.3) is 0 Å². The standard InChI is InChI=1S/C9H21N3O3/c1-7(2)8(9(15)11-10)12(3-5-13)4-6-14/h7-8,13-14H,3-6,10H2,1-2H3,(H,11,15). The molecule has 0 fully saturated rings. The minimum Gasteiger partial charge on any atom is -0.395 e. The van der Waals surface area contributed by atoms with Gasteiger partial charge in [-0.05, 0) is 5.92 Å². The van der Waals surface area contributed by atoms with Gasteiger partial charge in [0.15, 0.2) is 0 Å². The van der Waals surface area contributed by atoms with Crippen molar-refractivity contribution in [1.82, 2.24) is 10.3 Å². The number of hydrogen-bond acceptors (Lipinski definition) is 5. The number of nitrogens with one attached hydrogen (secondary N) is 1. The van der Waals surface area contributed by atoms with Crippen molar-refractivity contribution in [3.63, 3.8) is 0 Å². The van der Waals surface area contributed by atoms with E-state index in [4.69, 9.17) is 16.1 Å². The van der Waals surface area contributed by atoms with E-state index in [0.29, 0.717) is 13.1 Å². The van der Waals surface area contributed by atoms with Crippen LogP contribution in [0.15, 0.2) is 0 Å². The first kappa shape index (κ1) is 14.3. The molecule has 0 bridgehead atoms. The molecule has 0 aromatic heterocycles. The Bertz CT molecular complexity index is 181. The van der Waals surface area contributed by atoms with Gasteiger partial charge in [0.2, 0.25) is 0 Å². The molecular weight excluding hydrogens is 198 g/mol. The third kappa shape index (κ3) is 4.57. The summed E-state index contributed by atoms with van der Waals surface area (Å²) < 4.78 is 0. The summed E-state index contributed by atoms with van der Waals surface area (Å²) in [7, 11) is 0. The summed E-state index contributed by atoms with van der Waals surface area (Å²) >= 11 is 0. The van der Waals surface area contributed by atoms with Crippen molar-refractivity contribution in [1.29, 1.82) is 0 Å².